The molecule has 0 saturated heterocycles. The summed E-state index contributed by atoms with van der Waals surface area (Å²) in [7, 11) is 0. The highest BCUT2D eigenvalue weighted by atomic mass is 16.1. The Labute approximate surface area is 87.0 Å². The topological polar surface area (TPSA) is 50.7 Å². The van der Waals surface area contributed by atoms with E-state index in [0.717, 1.165) is 48.2 Å². The van der Waals surface area contributed by atoms with E-state index in [-0.39, 0.29) is 5.56 Å². The molecule has 4 heteroatoms. The highest BCUT2D eigenvalue weighted by Gasteiger charge is 2.16. The first-order valence-corrected chi connectivity index (χ1v) is 5.35. The van der Waals surface area contributed by atoms with Crippen molar-refractivity contribution in [3.05, 3.63) is 27.9 Å². The van der Waals surface area contributed by atoms with Gasteiger partial charge in [-0.05, 0) is 25.3 Å². The SMILES string of the molecule is Cc1c[nH]c2nc3n(c(=O)c12)CCCC3. The maximum absolute atomic E-state index is 12.2. The highest BCUT2D eigenvalue weighted by Crippen LogP contribution is 2.16. The minimum atomic E-state index is 0.119. The lowest BCUT2D eigenvalue weighted by molar-refractivity contribution is 0.500. The highest BCUT2D eigenvalue weighted by molar-refractivity contribution is 5.78. The van der Waals surface area contributed by atoms with E-state index >= 15 is 0 Å². The monoisotopic (exact) mass is 203 g/mol. The summed E-state index contributed by atoms with van der Waals surface area (Å²) in [6, 6.07) is 0. The number of H-pyrrole nitrogens is 1. The first-order chi connectivity index (χ1) is 7.27. The summed E-state index contributed by atoms with van der Waals surface area (Å²) in [6.07, 6.45) is 5.00. The summed E-state index contributed by atoms with van der Waals surface area (Å²) in [4.78, 5) is 19.7. The van der Waals surface area contributed by atoms with E-state index in [1.807, 2.05) is 17.7 Å². The van der Waals surface area contributed by atoms with Crippen LogP contribution in [0.25, 0.3) is 11.0 Å². The van der Waals surface area contributed by atoms with Crippen LogP contribution < -0.4 is 5.56 Å². The molecule has 78 valence electrons. The average Bonchev–Trinajstić information content (AvgIpc) is 2.61. The number of hydrogen-bond acceptors (Lipinski definition) is 2. The summed E-state index contributed by atoms with van der Waals surface area (Å²) in [6.45, 7) is 2.76. The van der Waals surface area contributed by atoms with E-state index in [9.17, 15) is 4.79 Å². The Kier molecular flexibility index (Phi) is 1.71. The van der Waals surface area contributed by atoms with Crippen molar-refractivity contribution in [1.29, 1.82) is 0 Å². The standard InChI is InChI=1S/C11H13N3O/c1-7-6-12-10-9(7)11(15)14-5-3-2-4-8(14)13-10/h6,12H,2-5H2,1H3. The van der Waals surface area contributed by atoms with Gasteiger partial charge in [0.25, 0.3) is 5.56 Å². The van der Waals surface area contributed by atoms with Crippen molar-refractivity contribution < 1.29 is 0 Å². The van der Waals surface area contributed by atoms with Crippen molar-refractivity contribution in [3.63, 3.8) is 0 Å². The van der Waals surface area contributed by atoms with E-state index in [1.165, 1.54) is 0 Å². The van der Waals surface area contributed by atoms with E-state index in [4.69, 9.17) is 0 Å². The number of hydrogen-bond donors (Lipinski definition) is 1. The molecular formula is C11H13N3O. The number of nitrogens with one attached hydrogen (secondary N) is 1. The number of aromatic nitrogens is 3. The lowest BCUT2D eigenvalue weighted by Crippen LogP contribution is -2.28. The molecule has 1 N–H and O–H groups in total. The molecule has 15 heavy (non-hydrogen) atoms. The number of rotatable bonds is 0. The van der Waals surface area contributed by atoms with Crippen LogP contribution >= 0.6 is 0 Å². The van der Waals surface area contributed by atoms with Crippen LogP contribution in [0.4, 0.5) is 0 Å². The van der Waals surface area contributed by atoms with Crippen molar-refractivity contribution in [2.45, 2.75) is 32.7 Å². The molecule has 0 unspecified atom stereocenters. The van der Waals surface area contributed by atoms with Gasteiger partial charge in [0.05, 0.1) is 5.39 Å². The second-order valence-corrected chi connectivity index (χ2v) is 4.14. The number of fused-ring (bicyclic) bond motifs is 2. The summed E-state index contributed by atoms with van der Waals surface area (Å²) in [5, 5.41) is 0.751. The van der Waals surface area contributed by atoms with Crippen molar-refractivity contribution >= 4 is 11.0 Å². The fraction of sp³-hybridized carbons (Fsp3) is 0.455. The second-order valence-electron chi connectivity index (χ2n) is 4.14. The first kappa shape index (κ1) is 8.71. The van der Waals surface area contributed by atoms with Crippen LogP contribution in [0.5, 0.6) is 0 Å². The molecule has 0 amide bonds. The number of aryl methyl sites for hydroxylation is 2. The van der Waals surface area contributed by atoms with E-state index in [1.54, 1.807) is 0 Å². The summed E-state index contributed by atoms with van der Waals surface area (Å²) in [5.41, 5.74) is 1.85. The molecular weight excluding hydrogens is 190 g/mol. The minimum Gasteiger partial charge on any atom is -0.346 e. The quantitative estimate of drug-likeness (QED) is 0.703. The number of nitrogens with zero attached hydrogens (tertiary/aromatic N) is 2. The molecule has 2 aromatic rings. The molecule has 0 spiro atoms. The lowest BCUT2D eigenvalue weighted by Gasteiger charge is -2.16. The smallest absolute Gasteiger partial charge is 0.263 e. The number of aromatic amines is 1. The zero-order valence-corrected chi connectivity index (χ0v) is 8.71. The van der Waals surface area contributed by atoms with E-state index in [2.05, 4.69) is 9.97 Å². The van der Waals surface area contributed by atoms with Gasteiger partial charge in [-0.1, -0.05) is 0 Å². The molecule has 3 heterocycles. The van der Waals surface area contributed by atoms with Crippen LogP contribution in [0.15, 0.2) is 11.0 Å². The van der Waals surface area contributed by atoms with E-state index < -0.39 is 0 Å². The molecule has 0 radical (unpaired) electrons. The Morgan fingerprint density at radius 3 is 3.20 bits per heavy atom. The van der Waals surface area contributed by atoms with Gasteiger partial charge in [-0.2, -0.15) is 0 Å². The molecule has 4 nitrogen and oxygen atoms in total. The fourth-order valence-electron chi connectivity index (χ4n) is 2.28. The molecule has 0 saturated carbocycles. The molecule has 0 atom stereocenters. The summed E-state index contributed by atoms with van der Waals surface area (Å²) in [5.74, 6) is 0.931. The molecule has 0 bridgehead atoms. The maximum atomic E-state index is 12.2. The summed E-state index contributed by atoms with van der Waals surface area (Å²) < 4.78 is 1.83. The molecule has 0 aromatic carbocycles. The average molecular weight is 203 g/mol. The van der Waals surface area contributed by atoms with Gasteiger partial charge in [0.1, 0.15) is 11.5 Å². The Balaban J connectivity index is 2.44. The van der Waals surface area contributed by atoms with Gasteiger partial charge < -0.3 is 4.98 Å². The molecule has 2 aromatic heterocycles. The van der Waals surface area contributed by atoms with Gasteiger partial charge >= 0.3 is 0 Å². The van der Waals surface area contributed by atoms with Gasteiger partial charge in [0.2, 0.25) is 0 Å². The normalized spacial score (nSPS) is 15.5. The van der Waals surface area contributed by atoms with Gasteiger partial charge in [-0.15, -0.1) is 0 Å². The van der Waals surface area contributed by atoms with Crippen LogP contribution in [0.1, 0.15) is 24.2 Å². The zero-order valence-electron chi connectivity index (χ0n) is 8.71. The lowest BCUT2D eigenvalue weighted by atomic mass is 10.1. The first-order valence-electron chi connectivity index (χ1n) is 5.35. The van der Waals surface area contributed by atoms with Crippen molar-refractivity contribution in [3.8, 4) is 0 Å². The van der Waals surface area contributed by atoms with Crippen molar-refractivity contribution in [2.24, 2.45) is 0 Å². The van der Waals surface area contributed by atoms with Crippen LogP contribution in [-0.2, 0) is 13.0 Å². The molecule has 1 aliphatic heterocycles. The van der Waals surface area contributed by atoms with Crippen molar-refractivity contribution in [1.82, 2.24) is 14.5 Å². The van der Waals surface area contributed by atoms with Gasteiger partial charge in [0.15, 0.2) is 0 Å². The minimum absolute atomic E-state index is 0.119. The maximum Gasteiger partial charge on any atom is 0.263 e. The van der Waals surface area contributed by atoms with E-state index in [0.29, 0.717) is 0 Å². The predicted molar refractivity (Wildman–Crippen MR) is 58.0 cm³/mol. The second kappa shape index (κ2) is 2.95. The molecule has 1 aliphatic rings. The third-order valence-electron chi connectivity index (χ3n) is 3.10. The summed E-state index contributed by atoms with van der Waals surface area (Å²) >= 11 is 0. The Morgan fingerprint density at radius 2 is 2.33 bits per heavy atom. The zero-order chi connectivity index (χ0) is 10.4. The Bertz CT molecular complexity index is 579. The largest absolute Gasteiger partial charge is 0.346 e. The van der Waals surface area contributed by atoms with Crippen molar-refractivity contribution in [2.75, 3.05) is 0 Å². The Morgan fingerprint density at radius 1 is 1.47 bits per heavy atom. The third-order valence-corrected chi connectivity index (χ3v) is 3.10. The van der Waals surface area contributed by atoms with Gasteiger partial charge in [-0.3, -0.25) is 9.36 Å². The van der Waals surface area contributed by atoms with Crippen LogP contribution in [-0.4, -0.2) is 14.5 Å². The van der Waals surface area contributed by atoms with Crippen LogP contribution in [0, 0.1) is 6.92 Å². The van der Waals surface area contributed by atoms with Crippen LogP contribution in [0.3, 0.4) is 0 Å². The van der Waals surface area contributed by atoms with Gasteiger partial charge in [-0.25, -0.2) is 4.98 Å². The van der Waals surface area contributed by atoms with Crippen LogP contribution in [0.2, 0.25) is 0 Å². The Hall–Kier alpha value is -1.58. The third kappa shape index (κ3) is 1.14. The molecule has 3 rings (SSSR count). The van der Waals surface area contributed by atoms with Gasteiger partial charge in [0, 0.05) is 19.2 Å². The molecule has 0 fully saturated rings. The predicted octanol–water partition coefficient (Wildman–Crippen LogP) is 1.37. The molecule has 0 aliphatic carbocycles. The fourth-order valence-corrected chi connectivity index (χ4v) is 2.28.